The molecule has 2 aliphatic heterocycles. The number of benzene rings is 3. The number of rotatable bonds is 7. The number of carbonyl (C=O) groups is 3. The van der Waals surface area contributed by atoms with Crippen molar-refractivity contribution in [3.05, 3.63) is 97.9 Å². The number of halogens is 1. The number of hydrogen-bond acceptors (Lipinski definition) is 8. The molecule has 12 heteroatoms. The lowest BCUT2D eigenvalue weighted by Gasteiger charge is -2.31. The predicted octanol–water partition coefficient (Wildman–Crippen LogP) is 4.91. The van der Waals surface area contributed by atoms with E-state index in [1.807, 2.05) is 6.07 Å². The Morgan fingerprint density at radius 2 is 1.78 bits per heavy atom. The van der Waals surface area contributed by atoms with E-state index in [0.29, 0.717) is 43.4 Å². The number of anilines is 2. The fourth-order valence-corrected chi connectivity index (χ4v) is 7.78. The van der Waals surface area contributed by atoms with Gasteiger partial charge in [0, 0.05) is 27.1 Å². The van der Waals surface area contributed by atoms with Crippen LogP contribution in [0.3, 0.4) is 0 Å². The molecule has 0 saturated carbocycles. The van der Waals surface area contributed by atoms with Crippen molar-refractivity contribution in [2.45, 2.75) is 16.2 Å². The van der Waals surface area contributed by atoms with Crippen LogP contribution in [0.25, 0.3) is 0 Å². The lowest BCUT2D eigenvalue weighted by molar-refractivity contribution is -0.122. The molecule has 2 aliphatic rings. The van der Waals surface area contributed by atoms with Crippen molar-refractivity contribution in [1.29, 1.82) is 0 Å². The molecule has 208 valence electrons. The van der Waals surface area contributed by atoms with Gasteiger partial charge in [0.15, 0.2) is 6.61 Å². The standard InChI is InChI=1S/C29H22ClN3O6S2/c1-38-18-10-8-17(9-11-18)33-27(35)23-22(24-26(32-29(37)41-24)40-25(23)28(33)36)19-13-15(30)7-12-20(19)39-14-21(34)31-16-5-3-2-4-6-16/h2-13,22-23,25H,14H2,1H3,(H,31,34)(H,32,37)/t22-,23?,25?/m1/s1. The first kappa shape index (κ1) is 27.1. The van der Waals surface area contributed by atoms with Crippen molar-refractivity contribution >= 4 is 63.8 Å². The molecule has 0 aliphatic carbocycles. The zero-order valence-electron chi connectivity index (χ0n) is 21.5. The van der Waals surface area contributed by atoms with Crippen LogP contribution >= 0.6 is 34.7 Å². The largest absolute Gasteiger partial charge is 0.497 e. The quantitative estimate of drug-likeness (QED) is 0.287. The molecule has 1 fully saturated rings. The van der Waals surface area contributed by atoms with Crippen LogP contribution in [0.2, 0.25) is 5.02 Å². The number of nitrogens with zero attached hydrogens (tertiary/aromatic N) is 1. The predicted molar refractivity (Wildman–Crippen MR) is 157 cm³/mol. The summed E-state index contributed by atoms with van der Waals surface area (Å²) in [6, 6.07) is 20.6. The highest BCUT2D eigenvalue weighted by atomic mass is 35.5. The Balaban J connectivity index is 1.37. The lowest BCUT2D eigenvalue weighted by Crippen LogP contribution is -2.32. The van der Waals surface area contributed by atoms with Crippen LogP contribution in [0, 0.1) is 5.92 Å². The van der Waals surface area contributed by atoms with Crippen molar-refractivity contribution < 1.29 is 23.9 Å². The van der Waals surface area contributed by atoms with Gasteiger partial charge in [0.1, 0.15) is 16.7 Å². The number of nitrogens with one attached hydrogen (secondary N) is 2. The summed E-state index contributed by atoms with van der Waals surface area (Å²) in [4.78, 5) is 57.1. The summed E-state index contributed by atoms with van der Waals surface area (Å²) in [6.07, 6.45) is 0. The molecule has 1 aromatic heterocycles. The second-order valence-corrected chi connectivity index (χ2v) is 11.9. The lowest BCUT2D eigenvalue weighted by atomic mass is 9.82. The minimum Gasteiger partial charge on any atom is -0.497 e. The number of carbonyl (C=O) groups excluding carboxylic acids is 3. The monoisotopic (exact) mass is 607 g/mol. The summed E-state index contributed by atoms with van der Waals surface area (Å²) < 4.78 is 11.2. The van der Waals surface area contributed by atoms with Gasteiger partial charge in [-0.2, -0.15) is 0 Å². The Morgan fingerprint density at radius 3 is 2.51 bits per heavy atom. The Morgan fingerprint density at radius 1 is 1.02 bits per heavy atom. The molecule has 1 saturated heterocycles. The van der Waals surface area contributed by atoms with Gasteiger partial charge in [-0.15, -0.1) is 0 Å². The average molecular weight is 608 g/mol. The smallest absolute Gasteiger partial charge is 0.305 e. The minimum absolute atomic E-state index is 0.300. The van der Waals surface area contributed by atoms with Gasteiger partial charge in [-0.1, -0.05) is 52.9 Å². The van der Waals surface area contributed by atoms with E-state index in [0.717, 1.165) is 11.3 Å². The number of methoxy groups -OCH3 is 1. The van der Waals surface area contributed by atoms with Gasteiger partial charge in [-0.05, 0) is 54.6 Å². The first-order valence-electron chi connectivity index (χ1n) is 12.5. The first-order chi connectivity index (χ1) is 19.8. The van der Waals surface area contributed by atoms with Crippen molar-refractivity contribution in [2.24, 2.45) is 5.92 Å². The molecule has 3 heterocycles. The number of thioether (sulfide) groups is 1. The topological polar surface area (TPSA) is 118 Å². The van der Waals surface area contributed by atoms with E-state index < -0.39 is 23.0 Å². The normalized spacial score (nSPS) is 19.5. The molecular weight excluding hydrogens is 586 g/mol. The average Bonchev–Trinajstić information content (AvgIpc) is 3.47. The third kappa shape index (κ3) is 5.12. The number of hydrogen-bond donors (Lipinski definition) is 2. The summed E-state index contributed by atoms with van der Waals surface area (Å²) in [6.45, 7) is -0.305. The SMILES string of the molecule is COc1ccc(N2C(=O)C3Sc4[nH]c(=O)sc4[C@H](c4cc(Cl)ccc4OCC(=O)Nc4ccccc4)C3C2=O)cc1. The first-order valence-corrected chi connectivity index (χ1v) is 14.6. The van der Waals surface area contributed by atoms with E-state index in [2.05, 4.69) is 10.3 Å². The molecule has 0 radical (unpaired) electrons. The second kappa shape index (κ2) is 11.1. The van der Waals surface area contributed by atoms with Crippen LogP contribution in [-0.4, -0.2) is 41.7 Å². The number of amides is 3. The Kier molecular flexibility index (Phi) is 7.33. The number of fused-ring (bicyclic) bond motifs is 2. The van der Waals surface area contributed by atoms with E-state index in [1.54, 1.807) is 66.7 Å². The third-order valence-corrected chi connectivity index (χ3v) is 9.51. The van der Waals surface area contributed by atoms with Crippen molar-refractivity contribution in [1.82, 2.24) is 4.98 Å². The number of H-pyrrole nitrogens is 1. The van der Waals surface area contributed by atoms with Gasteiger partial charge in [0.25, 0.3) is 5.91 Å². The molecule has 3 atom stereocenters. The molecule has 3 aromatic carbocycles. The molecule has 3 amide bonds. The van der Waals surface area contributed by atoms with Crippen molar-refractivity contribution in [3.8, 4) is 11.5 Å². The number of para-hydroxylation sites is 1. The number of imide groups is 1. The highest BCUT2D eigenvalue weighted by Gasteiger charge is 2.56. The molecule has 2 unspecified atom stereocenters. The second-order valence-electron chi connectivity index (χ2n) is 9.34. The van der Waals surface area contributed by atoms with Gasteiger partial charge in [-0.25, -0.2) is 4.90 Å². The van der Waals surface area contributed by atoms with Crippen LogP contribution in [0.4, 0.5) is 11.4 Å². The number of aromatic amines is 1. The van der Waals surface area contributed by atoms with Gasteiger partial charge >= 0.3 is 4.87 Å². The molecular formula is C29H22ClN3O6S2. The third-order valence-electron chi connectivity index (χ3n) is 6.88. The van der Waals surface area contributed by atoms with E-state index in [9.17, 15) is 19.2 Å². The highest BCUT2D eigenvalue weighted by Crippen LogP contribution is 2.54. The summed E-state index contributed by atoms with van der Waals surface area (Å²) in [5.41, 5.74) is 1.56. The number of aromatic nitrogens is 1. The van der Waals surface area contributed by atoms with Gasteiger partial charge in [0.05, 0.1) is 23.7 Å². The van der Waals surface area contributed by atoms with E-state index in [-0.39, 0.29) is 23.3 Å². The Hall–Kier alpha value is -4.06. The summed E-state index contributed by atoms with van der Waals surface area (Å²) >= 11 is 8.57. The maximum Gasteiger partial charge on any atom is 0.305 e. The molecule has 9 nitrogen and oxygen atoms in total. The summed E-state index contributed by atoms with van der Waals surface area (Å²) in [5, 5.41) is 2.88. The van der Waals surface area contributed by atoms with Crippen LogP contribution in [0.15, 0.2) is 82.6 Å². The molecule has 0 bridgehead atoms. The van der Waals surface area contributed by atoms with Crippen LogP contribution in [0.1, 0.15) is 16.4 Å². The van der Waals surface area contributed by atoms with Gasteiger partial charge in [-0.3, -0.25) is 19.2 Å². The fourth-order valence-electron chi connectivity index (χ4n) is 5.09. The number of thiazole rings is 1. The molecule has 4 aromatic rings. The maximum absolute atomic E-state index is 14.0. The Labute approximate surface area is 247 Å². The number of ether oxygens (including phenoxy) is 2. The summed E-state index contributed by atoms with van der Waals surface area (Å²) in [5.74, 6) is -1.80. The van der Waals surface area contributed by atoms with Gasteiger partial charge < -0.3 is 19.8 Å². The van der Waals surface area contributed by atoms with Crippen molar-refractivity contribution in [2.75, 3.05) is 23.9 Å². The van der Waals surface area contributed by atoms with Crippen LogP contribution < -0.4 is 24.6 Å². The minimum atomic E-state index is -0.840. The highest BCUT2D eigenvalue weighted by molar-refractivity contribution is 8.00. The van der Waals surface area contributed by atoms with E-state index in [1.165, 1.54) is 23.8 Å². The zero-order chi connectivity index (χ0) is 28.7. The van der Waals surface area contributed by atoms with E-state index >= 15 is 0 Å². The molecule has 2 N–H and O–H groups in total. The van der Waals surface area contributed by atoms with Crippen LogP contribution in [0.5, 0.6) is 11.5 Å². The van der Waals surface area contributed by atoms with Crippen molar-refractivity contribution in [3.63, 3.8) is 0 Å². The maximum atomic E-state index is 14.0. The van der Waals surface area contributed by atoms with E-state index in [4.69, 9.17) is 21.1 Å². The molecule has 41 heavy (non-hydrogen) atoms. The van der Waals surface area contributed by atoms with Gasteiger partial charge in [0.2, 0.25) is 11.8 Å². The molecule has 6 rings (SSSR count). The summed E-state index contributed by atoms with van der Waals surface area (Å²) in [7, 11) is 1.53. The molecule has 0 spiro atoms. The van der Waals surface area contributed by atoms with Crippen LogP contribution in [-0.2, 0) is 14.4 Å². The zero-order valence-corrected chi connectivity index (χ0v) is 23.8. The Bertz CT molecular complexity index is 1710. The fraction of sp³-hybridized carbons (Fsp3) is 0.172.